The van der Waals surface area contributed by atoms with Gasteiger partial charge in [0.15, 0.2) is 5.17 Å². The van der Waals surface area contributed by atoms with Crippen molar-refractivity contribution in [1.29, 1.82) is 0 Å². The van der Waals surface area contributed by atoms with E-state index in [4.69, 9.17) is 4.55 Å². The van der Waals surface area contributed by atoms with Gasteiger partial charge in [0.2, 0.25) is 0 Å². The van der Waals surface area contributed by atoms with Gasteiger partial charge in [-0.1, -0.05) is 0 Å². The minimum Gasteiger partial charge on any atom is -0.412 e. The fourth-order valence-electron chi connectivity index (χ4n) is 0.437. The Balaban J connectivity index is -0.0000000612. The lowest BCUT2D eigenvalue weighted by molar-refractivity contribution is 0.672. The van der Waals surface area contributed by atoms with Gasteiger partial charge in [0.25, 0.3) is 0 Å². The third-order valence-corrected chi connectivity index (χ3v) is 1.18. The summed E-state index contributed by atoms with van der Waals surface area (Å²) in [7, 11) is 0. The van der Waals surface area contributed by atoms with Gasteiger partial charge in [0.05, 0.1) is 18.6 Å². The maximum Gasteiger partial charge on any atom is 0.184 e. The summed E-state index contributed by atoms with van der Waals surface area (Å²) < 4.78 is 8.29. The first-order valence-corrected chi connectivity index (χ1v) is 2.80. The molecule has 5 nitrogen and oxygen atoms in total. The predicted octanol–water partition coefficient (Wildman–Crippen LogP) is -1.01. The molecule has 0 atom stereocenters. The van der Waals surface area contributed by atoms with Crippen LogP contribution in [0.1, 0.15) is 2.85 Å². The van der Waals surface area contributed by atoms with Gasteiger partial charge in [-0.2, -0.15) is 0 Å². The summed E-state index contributed by atoms with van der Waals surface area (Å²) >= 11 is 0.671. The van der Waals surface area contributed by atoms with Gasteiger partial charge in [-0.15, -0.1) is 0 Å². The van der Waals surface area contributed by atoms with Crippen LogP contribution in [0.5, 0.6) is 0 Å². The van der Waals surface area contributed by atoms with Crippen LogP contribution in [0.3, 0.4) is 0 Å². The highest BCUT2D eigenvalue weighted by Crippen LogP contribution is 1.96. The van der Waals surface area contributed by atoms with Crippen molar-refractivity contribution in [1.82, 2.24) is 5.32 Å². The molecule has 0 radical (unpaired) electrons. The third kappa shape index (κ3) is 3.31. The zero-order valence-electron chi connectivity index (χ0n) is 4.72. The van der Waals surface area contributed by atoms with Crippen molar-refractivity contribution in [2.24, 2.45) is 4.99 Å². The SMILES string of the molecule is O.O.OSC1=NCCN1.[HH].[HH]. The molecule has 9 heavy (non-hydrogen) atoms. The van der Waals surface area contributed by atoms with Gasteiger partial charge >= 0.3 is 0 Å². The van der Waals surface area contributed by atoms with E-state index in [0.717, 1.165) is 13.1 Å². The van der Waals surface area contributed by atoms with E-state index in [-0.39, 0.29) is 13.8 Å². The third-order valence-electron chi connectivity index (χ3n) is 0.730. The van der Waals surface area contributed by atoms with Gasteiger partial charge in [-0.25, -0.2) is 0 Å². The van der Waals surface area contributed by atoms with E-state index in [1.54, 1.807) is 0 Å². The molecule has 1 heterocycles. The minimum absolute atomic E-state index is 0. The average Bonchev–Trinajstić information content (AvgIpc) is 2.14. The predicted molar refractivity (Wildman–Crippen MR) is 42.0 cm³/mol. The molecule has 6 heteroatoms. The number of nitrogens with zero attached hydrogens (tertiary/aromatic N) is 1. The van der Waals surface area contributed by atoms with Crippen LogP contribution in [0.15, 0.2) is 4.99 Å². The maximum absolute atomic E-state index is 8.29. The monoisotopic (exact) mass is 158 g/mol. The smallest absolute Gasteiger partial charge is 0.184 e. The Bertz CT molecular complexity index is 105. The molecule has 0 saturated carbocycles. The van der Waals surface area contributed by atoms with Crippen LogP contribution in [0, 0.1) is 0 Å². The van der Waals surface area contributed by atoms with Crippen LogP contribution in [-0.4, -0.2) is 33.8 Å². The van der Waals surface area contributed by atoms with E-state index >= 15 is 0 Å². The highest BCUT2D eigenvalue weighted by Gasteiger charge is 2.01. The molecule has 1 aliphatic rings. The summed E-state index contributed by atoms with van der Waals surface area (Å²) in [4.78, 5) is 3.87. The number of hydrogen-bond donors (Lipinski definition) is 2. The molecule has 0 aromatic heterocycles. The molecular weight excluding hydrogens is 144 g/mol. The highest BCUT2D eigenvalue weighted by molar-refractivity contribution is 8.09. The Morgan fingerprint density at radius 1 is 1.67 bits per heavy atom. The van der Waals surface area contributed by atoms with Crippen LogP contribution < -0.4 is 5.32 Å². The van der Waals surface area contributed by atoms with Crippen molar-refractivity contribution in [3.63, 3.8) is 0 Å². The fraction of sp³-hybridized carbons (Fsp3) is 0.667. The quantitative estimate of drug-likeness (QED) is 0.441. The largest absolute Gasteiger partial charge is 0.412 e. The minimum atomic E-state index is 0. The highest BCUT2D eigenvalue weighted by atomic mass is 32.2. The number of rotatable bonds is 0. The van der Waals surface area contributed by atoms with E-state index in [9.17, 15) is 0 Å². The van der Waals surface area contributed by atoms with E-state index in [1.807, 2.05) is 0 Å². The zero-order chi connectivity index (χ0) is 5.11. The van der Waals surface area contributed by atoms with E-state index < -0.39 is 0 Å². The van der Waals surface area contributed by atoms with Crippen LogP contribution >= 0.6 is 12.0 Å². The summed E-state index contributed by atoms with van der Waals surface area (Å²) in [5, 5.41) is 3.51. The lowest BCUT2D eigenvalue weighted by atomic mass is 10.7. The van der Waals surface area contributed by atoms with Crippen LogP contribution in [0.4, 0.5) is 0 Å². The molecule has 0 aromatic rings. The van der Waals surface area contributed by atoms with Gasteiger partial charge < -0.3 is 20.8 Å². The number of amidine groups is 1. The molecule has 6 N–H and O–H groups in total. The topological polar surface area (TPSA) is 108 Å². The molecule has 0 fully saturated rings. The van der Waals surface area contributed by atoms with Crippen molar-refractivity contribution < 1.29 is 18.4 Å². The number of hydrogen-bond acceptors (Lipinski definition) is 4. The van der Waals surface area contributed by atoms with Crippen molar-refractivity contribution in [3.05, 3.63) is 0 Å². The molecular formula is C3H14N2O3S. The second-order valence-corrected chi connectivity index (χ2v) is 1.77. The van der Waals surface area contributed by atoms with Crippen molar-refractivity contribution in [2.75, 3.05) is 13.1 Å². The maximum atomic E-state index is 8.29. The first-order valence-electron chi connectivity index (χ1n) is 2.03. The van der Waals surface area contributed by atoms with Crippen molar-refractivity contribution in [3.8, 4) is 0 Å². The first kappa shape index (κ1) is 11.5. The fourth-order valence-corrected chi connectivity index (χ4v) is 0.753. The molecule has 0 amide bonds. The second-order valence-electron chi connectivity index (χ2n) is 1.20. The van der Waals surface area contributed by atoms with Gasteiger partial charge in [0, 0.05) is 9.40 Å². The Labute approximate surface area is 60.0 Å². The zero-order valence-corrected chi connectivity index (χ0v) is 5.53. The Kier molecular flexibility index (Phi) is 7.44. The van der Waals surface area contributed by atoms with Crippen molar-refractivity contribution >= 4 is 17.2 Å². The molecule has 1 rings (SSSR count). The summed E-state index contributed by atoms with van der Waals surface area (Å²) in [5.41, 5.74) is 0. The first-order chi connectivity index (χ1) is 3.43. The van der Waals surface area contributed by atoms with E-state index in [1.165, 1.54) is 0 Å². The molecule has 0 aromatic carbocycles. The summed E-state index contributed by atoms with van der Waals surface area (Å²) in [6.45, 7) is 1.66. The molecule has 0 bridgehead atoms. The summed E-state index contributed by atoms with van der Waals surface area (Å²) in [5.74, 6) is 0. The average molecular weight is 158 g/mol. The normalized spacial score (nSPS) is 14.6. The number of nitrogens with one attached hydrogen (secondary N) is 1. The lowest BCUT2D eigenvalue weighted by Gasteiger charge is -1.89. The molecule has 0 aliphatic carbocycles. The van der Waals surface area contributed by atoms with Gasteiger partial charge in [-0.05, 0) is 0 Å². The Hall–Kier alpha value is -0.300. The Morgan fingerprint density at radius 3 is 2.56 bits per heavy atom. The molecule has 1 aliphatic heterocycles. The van der Waals surface area contributed by atoms with Gasteiger partial charge in [0.1, 0.15) is 0 Å². The number of aliphatic imine (C=N–C) groups is 1. The molecule has 60 valence electrons. The summed E-state index contributed by atoms with van der Waals surface area (Å²) in [6, 6.07) is 0. The van der Waals surface area contributed by atoms with Gasteiger partial charge in [-0.3, -0.25) is 4.99 Å². The molecule has 0 spiro atoms. The molecule has 0 unspecified atom stereocenters. The standard InChI is InChI=1S/C3H6N2OS.2H2O.2H2/c6-7-3-4-1-2-5-3;;;;/h6H,1-2H2,(H,4,5);2*1H2;2*1H. The molecule has 0 saturated heterocycles. The Morgan fingerprint density at radius 2 is 2.33 bits per heavy atom. The lowest BCUT2D eigenvalue weighted by Crippen LogP contribution is -2.14. The van der Waals surface area contributed by atoms with E-state index in [2.05, 4.69) is 10.3 Å². The van der Waals surface area contributed by atoms with Crippen LogP contribution in [-0.2, 0) is 0 Å². The second kappa shape index (κ2) is 5.83. The van der Waals surface area contributed by atoms with Crippen LogP contribution in [0.25, 0.3) is 0 Å². The van der Waals surface area contributed by atoms with Crippen molar-refractivity contribution in [2.45, 2.75) is 0 Å². The van der Waals surface area contributed by atoms with Crippen LogP contribution in [0.2, 0.25) is 0 Å². The van der Waals surface area contributed by atoms with E-state index in [0.29, 0.717) is 17.2 Å². The summed E-state index contributed by atoms with van der Waals surface area (Å²) in [6.07, 6.45) is 0.